The van der Waals surface area contributed by atoms with Crippen LogP contribution in [0.5, 0.6) is 0 Å². The average Bonchev–Trinajstić information content (AvgIpc) is 2.33. The van der Waals surface area contributed by atoms with Crippen LogP contribution in [0, 0.1) is 13.8 Å². The maximum absolute atomic E-state index is 4.14. The van der Waals surface area contributed by atoms with Gasteiger partial charge in [0.2, 0.25) is 0 Å². The third-order valence-electron chi connectivity index (χ3n) is 3.16. The normalized spacial score (nSPS) is 11.6. The van der Waals surface area contributed by atoms with Gasteiger partial charge in [-0.15, -0.1) is 0 Å². The molecule has 3 heteroatoms. The molecule has 0 radical (unpaired) electrons. The molecule has 0 amide bonds. The molecule has 0 aromatic heterocycles. The average molecular weight is 247 g/mol. The molecule has 0 aliphatic rings. The quantitative estimate of drug-likeness (QED) is 0.650. The minimum atomic E-state index is 0.937. The molecule has 0 unspecified atom stereocenters. The molecule has 0 aliphatic carbocycles. The Balaban J connectivity index is 3.04. The van der Waals surface area contributed by atoms with Crippen LogP contribution in [-0.2, 0) is 0 Å². The van der Waals surface area contributed by atoms with Crippen molar-refractivity contribution in [3.05, 3.63) is 23.3 Å². The van der Waals surface area contributed by atoms with Gasteiger partial charge in [0.25, 0.3) is 0 Å². The molecule has 1 rings (SSSR count). The van der Waals surface area contributed by atoms with Crippen LogP contribution in [0.25, 0.3) is 0 Å². The van der Waals surface area contributed by atoms with Crippen molar-refractivity contribution in [2.75, 3.05) is 30.9 Å². The molecule has 0 aliphatic heterocycles. The fourth-order valence-electron chi connectivity index (χ4n) is 2.05. The lowest BCUT2D eigenvalue weighted by atomic mass is 10.1. The van der Waals surface area contributed by atoms with Gasteiger partial charge in [-0.1, -0.05) is 6.92 Å². The van der Waals surface area contributed by atoms with E-state index in [1.165, 1.54) is 16.8 Å². The Bertz CT molecular complexity index is 436. The molecule has 0 saturated carbocycles. The highest BCUT2D eigenvalue weighted by molar-refractivity contribution is 5.94. The Morgan fingerprint density at radius 2 is 1.94 bits per heavy atom. The fourth-order valence-corrected chi connectivity index (χ4v) is 2.05. The number of aliphatic imine (C=N–C) groups is 1. The number of hydrogen-bond donors (Lipinski definition) is 1. The third kappa shape index (κ3) is 3.49. The highest BCUT2D eigenvalue weighted by Gasteiger charge is 2.08. The van der Waals surface area contributed by atoms with Crippen molar-refractivity contribution >= 4 is 17.2 Å². The summed E-state index contributed by atoms with van der Waals surface area (Å²) < 4.78 is 0. The monoisotopic (exact) mass is 247 g/mol. The molecule has 0 spiro atoms. The highest BCUT2D eigenvalue weighted by Crippen LogP contribution is 2.26. The summed E-state index contributed by atoms with van der Waals surface area (Å²) in [6, 6.07) is 4.45. The van der Waals surface area contributed by atoms with Gasteiger partial charge in [-0.25, -0.2) is 0 Å². The summed E-state index contributed by atoms with van der Waals surface area (Å²) in [6.07, 6.45) is 1.16. The number of nitrogens with one attached hydrogen (secondary N) is 1. The van der Waals surface area contributed by atoms with E-state index in [9.17, 15) is 0 Å². The lowest BCUT2D eigenvalue weighted by Gasteiger charge is -2.23. The Labute approximate surface area is 111 Å². The van der Waals surface area contributed by atoms with Crippen molar-refractivity contribution in [2.24, 2.45) is 4.99 Å². The molecule has 0 bridgehead atoms. The standard InChI is InChI=1S/C15H25N3/c1-7-8-18(6)15-10-11(2)14(9-12(15)3)17-13(4)16-5/h9-10H,7-8H2,1-6H3,(H,16,17). The van der Waals surface area contributed by atoms with Crippen molar-refractivity contribution in [1.29, 1.82) is 0 Å². The highest BCUT2D eigenvalue weighted by atomic mass is 15.1. The van der Waals surface area contributed by atoms with Gasteiger partial charge in [-0.05, 0) is 50.5 Å². The minimum Gasteiger partial charge on any atom is -0.374 e. The van der Waals surface area contributed by atoms with E-state index in [4.69, 9.17) is 0 Å². The molecule has 1 N–H and O–H groups in total. The summed E-state index contributed by atoms with van der Waals surface area (Å²) in [5, 5.41) is 3.33. The van der Waals surface area contributed by atoms with Gasteiger partial charge in [-0.2, -0.15) is 0 Å². The minimum absolute atomic E-state index is 0.937. The Morgan fingerprint density at radius 3 is 2.50 bits per heavy atom. The summed E-state index contributed by atoms with van der Waals surface area (Å²) >= 11 is 0. The molecule has 100 valence electrons. The zero-order chi connectivity index (χ0) is 13.7. The molecule has 0 atom stereocenters. The predicted octanol–water partition coefficient (Wildman–Crippen LogP) is 3.61. The first kappa shape index (κ1) is 14.6. The Morgan fingerprint density at radius 1 is 1.28 bits per heavy atom. The number of nitrogens with zero attached hydrogens (tertiary/aromatic N) is 2. The van der Waals surface area contributed by atoms with Gasteiger partial charge >= 0.3 is 0 Å². The van der Waals surface area contributed by atoms with E-state index in [0.717, 1.165) is 24.5 Å². The molecular weight excluding hydrogens is 222 g/mol. The van der Waals surface area contributed by atoms with E-state index in [1.54, 1.807) is 7.05 Å². The molecule has 1 aromatic carbocycles. The van der Waals surface area contributed by atoms with Gasteiger partial charge in [0.1, 0.15) is 0 Å². The topological polar surface area (TPSA) is 27.6 Å². The SMILES string of the molecule is CCCN(C)c1cc(C)c(NC(C)=NC)cc1C. The van der Waals surface area contributed by atoms with Crippen LogP contribution in [0.3, 0.4) is 0 Å². The first-order chi connectivity index (χ1) is 8.49. The van der Waals surface area contributed by atoms with Crippen LogP contribution in [0.1, 0.15) is 31.4 Å². The van der Waals surface area contributed by atoms with Crippen LogP contribution in [0.2, 0.25) is 0 Å². The van der Waals surface area contributed by atoms with E-state index in [1.807, 2.05) is 6.92 Å². The predicted molar refractivity (Wildman–Crippen MR) is 82.1 cm³/mol. The van der Waals surface area contributed by atoms with Crippen LogP contribution in [-0.4, -0.2) is 26.5 Å². The Kier molecular flexibility index (Phi) is 5.20. The largest absolute Gasteiger partial charge is 0.374 e. The van der Waals surface area contributed by atoms with E-state index in [-0.39, 0.29) is 0 Å². The molecule has 1 aromatic rings. The molecule has 18 heavy (non-hydrogen) atoms. The first-order valence-corrected chi connectivity index (χ1v) is 6.52. The molecular formula is C15H25N3. The van der Waals surface area contributed by atoms with Crippen molar-refractivity contribution in [3.63, 3.8) is 0 Å². The lowest BCUT2D eigenvalue weighted by molar-refractivity contribution is 0.849. The van der Waals surface area contributed by atoms with Gasteiger partial charge in [-0.3, -0.25) is 4.99 Å². The molecule has 3 nitrogen and oxygen atoms in total. The van der Waals surface area contributed by atoms with Gasteiger partial charge in [0.05, 0.1) is 5.84 Å². The van der Waals surface area contributed by atoms with E-state index in [2.05, 4.69) is 55.2 Å². The van der Waals surface area contributed by atoms with Gasteiger partial charge in [0, 0.05) is 32.0 Å². The summed E-state index contributed by atoms with van der Waals surface area (Å²) in [5.41, 5.74) is 5.00. The number of hydrogen-bond acceptors (Lipinski definition) is 2. The lowest BCUT2D eigenvalue weighted by Crippen LogP contribution is -2.19. The third-order valence-corrected chi connectivity index (χ3v) is 3.16. The molecule has 0 fully saturated rings. The zero-order valence-corrected chi connectivity index (χ0v) is 12.5. The van der Waals surface area contributed by atoms with E-state index in [0.29, 0.717) is 0 Å². The van der Waals surface area contributed by atoms with Gasteiger partial charge < -0.3 is 10.2 Å². The maximum atomic E-state index is 4.14. The zero-order valence-electron chi connectivity index (χ0n) is 12.5. The summed E-state index contributed by atoms with van der Waals surface area (Å²) in [6.45, 7) is 9.56. The number of rotatable bonds is 4. The molecule has 0 heterocycles. The number of benzene rings is 1. The van der Waals surface area contributed by atoms with E-state index < -0.39 is 0 Å². The van der Waals surface area contributed by atoms with Gasteiger partial charge in [0.15, 0.2) is 0 Å². The number of aryl methyl sites for hydroxylation is 2. The van der Waals surface area contributed by atoms with E-state index >= 15 is 0 Å². The summed E-state index contributed by atoms with van der Waals surface area (Å²) in [4.78, 5) is 6.45. The maximum Gasteiger partial charge on any atom is 0.0972 e. The second kappa shape index (κ2) is 6.43. The van der Waals surface area contributed by atoms with Crippen LogP contribution >= 0.6 is 0 Å². The van der Waals surface area contributed by atoms with Crippen LogP contribution in [0.15, 0.2) is 17.1 Å². The van der Waals surface area contributed by atoms with Crippen molar-refractivity contribution in [1.82, 2.24) is 0 Å². The Hall–Kier alpha value is -1.51. The van der Waals surface area contributed by atoms with Crippen LogP contribution < -0.4 is 10.2 Å². The fraction of sp³-hybridized carbons (Fsp3) is 0.533. The first-order valence-electron chi connectivity index (χ1n) is 6.52. The second-order valence-corrected chi connectivity index (χ2v) is 4.81. The summed E-state index contributed by atoms with van der Waals surface area (Å²) in [7, 11) is 3.95. The number of amidine groups is 1. The molecule has 0 saturated heterocycles. The van der Waals surface area contributed by atoms with Crippen LogP contribution in [0.4, 0.5) is 11.4 Å². The number of anilines is 2. The van der Waals surface area contributed by atoms with Crippen molar-refractivity contribution in [3.8, 4) is 0 Å². The van der Waals surface area contributed by atoms with Crippen molar-refractivity contribution < 1.29 is 0 Å². The van der Waals surface area contributed by atoms with Crippen molar-refractivity contribution in [2.45, 2.75) is 34.1 Å². The smallest absolute Gasteiger partial charge is 0.0972 e. The second-order valence-electron chi connectivity index (χ2n) is 4.81. The summed E-state index contributed by atoms with van der Waals surface area (Å²) in [5.74, 6) is 0.937.